The summed E-state index contributed by atoms with van der Waals surface area (Å²) < 4.78 is 13.8. The van der Waals surface area contributed by atoms with E-state index in [-0.39, 0.29) is 11.9 Å². The van der Waals surface area contributed by atoms with Gasteiger partial charge in [-0.1, -0.05) is 19.9 Å². The lowest BCUT2D eigenvalue weighted by molar-refractivity contribution is 0.569. The Morgan fingerprint density at radius 1 is 1.29 bits per heavy atom. The zero-order valence-electron chi connectivity index (χ0n) is 11.2. The molecule has 96 valence electrons. The van der Waals surface area contributed by atoms with E-state index in [1.165, 1.54) is 6.07 Å². The Morgan fingerprint density at radius 2 is 1.88 bits per heavy atom. The van der Waals surface area contributed by atoms with Crippen LogP contribution < -0.4 is 10.6 Å². The van der Waals surface area contributed by atoms with Crippen molar-refractivity contribution in [3.63, 3.8) is 0 Å². The van der Waals surface area contributed by atoms with E-state index in [4.69, 9.17) is 5.73 Å². The van der Waals surface area contributed by atoms with Crippen LogP contribution in [0.4, 0.5) is 10.1 Å². The van der Waals surface area contributed by atoms with E-state index >= 15 is 0 Å². The number of nitrogens with two attached hydrogens (primary N) is 1. The molecule has 0 bridgehead atoms. The summed E-state index contributed by atoms with van der Waals surface area (Å²) >= 11 is 0. The van der Waals surface area contributed by atoms with Crippen LogP contribution in [0.15, 0.2) is 18.2 Å². The Balaban J connectivity index is 3.16. The van der Waals surface area contributed by atoms with E-state index in [0.29, 0.717) is 11.6 Å². The van der Waals surface area contributed by atoms with Gasteiger partial charge in [-0.25, -0.2) is 4.39 Å². The largest absolute Gasteiger partial charge is 0.371 e. The molecule has 2 N–H and O–H groups in total. The van der Waals surface area contributed by atoms with Gasteiger partial charge in [0.25, 0.3) is 0 Å². The van der Waals surface area contributed by atoms with E-state index in [2.05, 4.69) is 18.7 Å². The van der Waals surface area contributed by atoms with E-state index in [1.807, 2.05) is 20.0 Å². The molecule has 3 heteroatoms. The molecular formula is C14H23FN2. The van der Waals surface area contributed by atoms with Crippen LogP contribution in [0.5, 0.6) is 0 Å². The fourth-order valence-electron chi connectivity index (χ4n) is 2.32. The first-order chi connectivity index (χ1) is 8.02. The third-order valence-electron chi connectivity index (χ3n) is 3.36. The molecular weight excluding hydrogens is 215 g/mol. The summed E-state index contributed by atoms with van der Waals surface area (Å²) in [4.78, 5) is 2.14. The lowest BCUT2D eigenvalue weighted by Gasteiger charge is -2.31. The second-order valence-electron chi connectivity index (χ2n) is 4.54. The molecule has 0 saturated heterocycles. The molecule has 0 unspecified atom stereocenters. The normalized spacial score (nSPS) is 12.9. The second-order valence-corrected chi connectivity index (χ2v) is 4.54. The molecule has 0 aliphatic carbocycles. The van der Waals surface area contributed by atoms with Gasteiger partial charge in [0, 0.05) is 30.4 Å². The standard InChI is InChI=1S/C14H23FN2/c1-5-11(6-2)17(4)13-9-7-8-12(15)14(13)10(3)16/h7-11H,5-6,16H2,1-4H3/t10-/m0/s1. The monoisotopic (exact) mass is 238 g/mol. The first-order valence-electron chi connectivity index (χ1n) is 6.29. The predicted octanol–water partition coefficient (Wildman–Crippen LogP) is 3.47. The fourth-order valence-corrected chi connectivity index (χ4v) is 2.32. The third-order valence-corrected chi connectivity index (χ3v) is 3.36. The number of anilines is 1. The van der Waals surface area contributed by atoms with Crippen LogP contribution in [0, 0.1) is 5.82 Å². The van der Waals surface area contributed by atoms with Gasteiger partial charge < -0.3 is 10.6 Å². The molecule has 1 rings (SSSR count). The van der Waals surface area contributed by atoms with Crippen molar-refractivity contribution in [3.05, 3.63) is 29.6 Å². The highest BCUT2D eigenvalue weighted by Gasteiger charge is 2.18. The Morgan fingerprint density at radius 3 is 2.35 bits per heavy atom. The van der Waals surface area contributed by atoms with Crippen LogP contribution in [-0.4, -0.2) is 13.1 Å². The van der Waals surface area contributed by atoms with Crippen LogP contribution in [0.25, 0.3) is 0 Å². The van der Waals surface area contributed by atoms with Crippen LogP contribution in [-0.2, 0) is 0 Å². The molecule has 0 aliphatic heterocycles. The van der Waals surface area contributed by atoms with Crippen molar-refractivity contribution in [3.8, 4) is 0 Å². The molecule has 0 radical (unpaired) electrons. The number of nitrogens with zero attached hydrogens (tertiary/aromatic N) is 1. The first kappa shape index (κ1) is 14.0. The Kier molecular flexibility index (Phi) is 4.94. The topological polar surface area (TPSA) is 29.3 Å². The van der Waals surface area contributed by atoms with Gasteiger partial charge in [0.2, 0.25) is 0 Å². The SMILES string of the molecule is CCC(CC)N(C)c1cccc(F)c1[C@H](C)N. The second kappa shape index (κ2) is 6.01. The number of hydrogen-bond donors (Lipinski definition) is 1. The molecule has 1 aromatic carbocycles. The summed E-state index contributed by atoms with van der Waals surface area (Å²) in [6, 6.07) is 5.30. The molecule has 0 saturated carbocycles. The van der Waals surface area contributed by atoms with Crippen LogP contribution in [0.2, 0.25) is 0 Å². The van der Waals surface area contributed by atoms with E-state index < -0.39 is 0 Å². The first-order valence-corrected chi connectivity index (χ1v) is 6.29. The average Bonchev–Trinajstić information content (AvgIpc) is 2.29. The van der Waals surface area contributed by atoms with Gasteiger partial charge in [0.15, 0.2) is 0 Å². The van der Waals surface area contributed by atoms with Gasteiger partial charge in [-0.2, -0.15) is 0 Å². The van der Waals surface area contributed by atoms with Crippen molar-refractivity contribution in [1.29, 1.82) is 0 Å². The van der Waals surface area contributed by atoms with Gasteiger partial charge in [-0.3, -0.25) is 0 Å². The summed E-state index contributed by atoms with van der Waals surface area (Å²) in [5.74, 6) is -0.213. The molecule has 0 heterocycles. The van der Waals surface area contributed by atoms with Crippen molar-refractivity contribution < 1.29 is 4.39 Å². The van der Waals surface area contributed by atoms with E-state index in [9.17, 15) is 4.39 Å². The van der Waals surface area contributed by atoms with Crippen LogP contribution in [0.3, 0.4) is 0 Å². The van der Waals surface area contributed by atoms with Crippen molar-refractivity contribution >= 4 is 5.69 Å². The summed E-state index contributed by atoms with van der Waals surface area (Å²) in [5, 5.41) is 0. The van der Waals surface area contributed by atoms with Crippen molar-refractivity contribution in [2.24, 2.45) is 5.73 Å². The maximum absolute atomic E-state index is 13.8. The summed E-state index contributed by atoms with van der Waals surface area (Å²) in [6.45, 7) is 6.12. The molecule has 1 atom stereocenters. The third kappa shape index (κ3) is 2.97. The van der Waals surface area contributed by atoms with Crippen molar-refractivity contribution in [1.82, 2.24) is 0 Å². The summed E-state index contributed by atoms with van der Waals surface area (Å²) in [5.41, 5.74) is 7.39. The minimum Gasteiger partial charge on any atom is -0.371 e. The summed E-state index contributed by atoms with van der Waals surface area (Å²) in [6.07, 6.45) is 2.09. The van der Waals surface area contributed by atoms with Gasteiger partial charge in [-0.05, 0) is 31.9 Å². The molecule has 0 fully saturated rings. The van der Waals surface area contributed by atoms with E-state index in [0.717, 1.165) is 18.5 Å². The smallest absolute Gasteiger partial charge is 0.130 e. The van der Waals surface area contributed by atoms with Crippen molar-refractivity contribution in [2.75, 3.05) is 11.9 Å². The quantitative estimate of drug-likeness (QED) is 0.851. The van der Waals surface area contributed by atoms with Gasteiger partial charge >= 0.3 is 0 Å². The van der Waals surface area contributed by atoms with E-state index in [1.54, 1.807) is 6.07 Å². The number of benzene rings is 1. The minimum absolute atomic E-state index is 0.213. The lowest BCUT2D eigenvalue weighted by atomic mass is 10.0. The summed E-state index contributed by atoms with van der Waals surface area (Å²) in [7, 11) is 2.01. The highest BCUT2D eigenvalue weighted by molar-refractivity contribution is 5.55. The molecule has 17 heavy (non-hydrogen) atoms. The predicted molar refractivity (Wildman–Crippen MR) is 71.8 cm³/mol. The molecule has 2 nitrogen and oxygen atoms in total. The molecule has 0 aliphatic rings. The molecule has 1 aromatic rings. The van der Waals surface area contributed by atoms with Crippen molar-refractivity contribution in [2.45, 2.75) is 45.7 Å². The number of halogens is 1. The molecule has 0 amide bonds. The van der Waals surface area contributed by atoms with Gasteiger partial charge in [0.05, 0.1) is 0 Å². The van der Waals surface area contributed by atoms with Crippen LogP contribution >= 0.6 is 0 Å². The Bertz CT molecular complexity index is 359. The fraction of sp³-hybridized carbons (Fsp3) is 0.571. The zero-order chi connectivity index (χ0) is 13.0. The maximum atomic E-state index is 13.8. The van der Waals surface area contributed by atoms with Gasteiger partial charge in [-0.15, -0.1) is 0 Å². The highest BCUT2D eigenvalue weighted by atomic mass is 19.1. The Labute approximate surface area is 104 Å². The van der Waals surface area contributed by atoms with Gasteiger partial charge in [0.1, 0.15) is 5.82 Å². The highest BCUT2D eigenvalue weighted by Crippen LogP contribution is 2.29. The zero-order valence-corrected chi connectivity index (χ0v) is 11.2. The number of hydrogen-bond acceptors (Lipinski definition) is 2. The minimum atomic E-state index is -0.289. The van der Waals surface area contributed by atoms with Crippen LogP contribution in [0.1, 0.15) is 45.2 Å². The maximum Gasteiger partial charge on any atom is 0.130 e. The Hall–Kier alpha value is -1.09. The average molecular weight is 238 g/mol. The number of rotatable bonds is 5. The molecule has 0 spiro atoms. The lowest BCUT2D eigenvalue weighted by Crippen LogP contribution is -2.32. The molecule has 0 aromatic heterocycles.